The maximum atomic E-state index is 12.7. The largest absolute Gasteiger partial charge is 0.480 e. The number of nitrogens with zero attached hydrogens (tertiary/aromatic N) is 2. The summed E-state index contributed by atoms with van der Waals surface area (Å²) in [5.74, 6) is 0.104. The van der Waals surface area contributed by atoms with Crippen molar-refractivity contribution in [1.82, 2.24) is 9.88 Å². The number of hydrogen-bond donors (Lipinski definition) is 0. The van der Waals surface area contributed by atoms with Crippen molar-refractivity contribution in [2.75, 3.05) is 20.2 Å². The molecule has 2 heterocycles. The van der Waals surface area contributed by atoms with Crippen molar-refractivity contribution in [1.29, 1.82) is 0 Å². The molecule has 0 aliphatic carbocycles. The maximum absolute atomic E-state index is 12.7. The molecule has 0 bridgehead atoms. The van der Waals surface area contributed by atoms with E-state index in [1.54, 1.807) is 53.6 Å². The van der Waals surface area contributed by atoms with Crippen LogP contribution in [0.2, 0.25) is 0 Å². The number of ether oxygens (including phenoxy) is 1. The van der Waals surface area contributed by atoms with Crippen LogP contribution in [0.3, 0.4) is 0 Å². The van der Waals surface area contributed by atoms with E-state index in [0.29, 0.717) is 36.4 Å². The predicted octanol–water partition coefficient (Wildman–Crippen LogP) is 2.17. The zero-order valence-corrected chi connectivity index (χ0v) is 14.8. The number of piperidine rings is 1. The van der Waals surface area contributed by atoms with Crippen LogP contribution >= 0.6 is 0 Å². The number of methoxy groups -OCH3 is 1. The SMILES string of the molecule is COc1ncccc1C(=O)N1CCC(S(=O)(=O)c2ccccc2)CC1. The van der Waals surface area contributed by atoms with E-state index in [0.717, 1.165) is 0 Å². The van der Waals surface area contributed by atoms with Crippen LogP contribution in [0.4, 0.5) is 0 Å². The van der Waals surface area contributed by atoms with E-state index in [4.69, 9.17) is 4.74 Å². The first-order valence-corrected chi connectivity index (χ1v) is 9.66. The molecule has 1 aromatic heterocycles. The van der Waals surface area contributed by atoms with Crippen LogP contribution in [0.5, 0.6) is 5.88 Å². The van der Waals surface area contributed by atoms with Crippen LogP contribution in [-0.4, -0.2) is 49.7 Å². The molecule has 1 fully saturated rings. The van der Waals surface area contributed by atoms with Gasteiger partial charge in [0.25, 0.3) is 5.91 Å². The Bertz CT molecular complexity index is 844. The second kappa shape index (κ2) is 7.23. The number of carbonyl (C=O) groups excluding carboxylic acids is 1. The van der Waals surface area contributed by atoms with E-state index < -0.39 is 15.1 Å². The van der Waals surface area contributed by atoms with Crippen LogP contribution in [0.15, 0.2) is 53.6 Å². The fraction of sp³-hybridized carbons (Fsp3) is 0.333. The van der Waals surface area contributed by atoms with Crippen LogP contribution in [0.25, 0.3) is 0 Å². The third-order valence-electron chi connectivity index (χ3n) is 4.43. The maximum Gasteiger partial charge on any atom is 0.259 e. The van der Waals surface area contributed by atoms with Gasteiger partial charge in [-0.1, -0.05) is 18.2 Å². The molecule has 25 heavy (non-hydrogen) atoms. The number of carbonyl (C=O) groups is 1. The molecule has 0 N–H and O–H groups in total. The average molecular weight is 360 g/mol. The molecule has 1 aromatic carbocycles. The number of likely N-dealkylation sites (tertiary alicyclic amines) is 1. The highest BCUT2D eigenvalue weighted by atomic mass is 32.2. The van der Waals surface area contributed by atoms with Crippen LogP contribution in [0.1, 0.15) is 23.2 Å². The van der Waals surface area contributed by atoms with Gasteiger partial charge in [0, 0.05) is 19.3 Å². The Morgan fingerprint density at radius 2 is 1.80 bits per heavy atom. The standard InChI is InChI=1S/C18H20N2O4S/c1-24-17-16(8-5-11-19-17)18(21)20-12-9-15(10-13-20)25(22,23)14-6-3-2-4-7-14/h2-8,11,15H,9-10,12-13H2,1H3. The molecule has 0 atom stereocenters. The molecule has 0 unspecified atom stereocenters. The first-order chi connectivity index (χ1) is 12.0. The van der Waals surface area contributed by atoms with Crippen molar-refractivity contribution in [3.8, 4) is 5.88 Å². The lowest BCUT2D eigenvalue weighted by Gasteiger charge is -2.32. The van der Waals surface area contributed by atoms with Crippen molar-refractivity contribution >= 4 is 15.7 Å². The summed E-state index contributed by atoms with van der Waals surface area (Å²) < 4.78 is 30.5. The second-order valence-electron chi connectivity index (χ2n) is 5.91. The summed E-state index contributed by atoms with van der Waals surface area (Å²) in [6, 6.07) is 11.8. The Morgan fingerprint density at radius 1 is 1.12 bits per heavy atom. The van der Waals surface area contributed by atoms with Gasteiger partial charge < -0.3 is 9.64 Å². The van der Waals surface area contributed by atoms with Gasteiger partial charge in [-0.05, 0) is 37.1 Å². The van der Waals surface area contributed by atoms with Gasteiger partial charge >= 0.3 is 0 Å². The number of pyridine rings is 1. The highest BCUT2D eigenvalue weighted by Gasteiger charge is 2.33. The van der Waals surface area contributed by atoms with Crippen molar-refractivity contribution < 1.29 is 17.9 Å². The minimum Gasteiger partial charge on any atom is -0.480 e. The molecular formula is C18H20N2O4S. The highest BCUT2D eigenvalue weighted by molar-refractivity contribution is 7.92. The normalized spacial score (nSPS) is 15.8. The molecule has 1 saturated heterocycles. The van der Waals surface area contributed by atoms with E-state index in [2.05, 4.69) is 4.98 Å². The summed E-state index contributed by atoms with van der Waals surface area (Å²) in [7, 11) is -1.89. The Hall–Kier alpha value is -2.41. The Balaban J connectivity index is 1.71. The number of benzene rings is 1. The van der Waals surface area contributed by atoms with Crippen molar-refractivity contribution in [3.05, 3.63) is 54.2 Å². The van der Waals surface area contributed by atoms with Crippen molar-refractivity contribution in [3.63, 3.8) is 0 Å². The topological polar surface area (TPSA) is 76.6 Å². The van der Waals surface area contributed by atoms with Gasteiger partial charge in [0.2, 0.25) is 5.88 Å². The quantitative estimate of drug-likeness (QED) is 0.835. The lowest BCUT2D eigenvalue weighted by atomic mass is 10.1. The number of sulfone groups is 1. The summed E-state index contributed by atoms with van der Waals surface area (Å²) in [6.45, 7) is 0.793. The summed E-state index contributed by atoms with van der Waals surface area (Å²) in [5.41, 5.74) is 0.398. The first-order valence-electron chi connectivity index (χ1n) is 8.11. The number of hydrogen-bond acceptors (Lipinski definition) is 5. The van der Waals surface area contributed by atoms with Gasteiger partial charge in [0.15, 0.2) is 9.84 Å². The van der Waals surface area contributed by atoms with Crippen molar-refractivity contribution in [2.24, 2.45) is 0 Å². The lowest BCUT2D eigenvalue weighted by molar-refractivity contribution is 0.0721. The zero-order valence-electron chi connectivity index (χ0n) is 14.0. The zero-order chi connectivity index (χ0) is 17.9. The Labute approximate surface area is 147 Å². The summed E-state index contributed by atoms with van der Waals surface area (Å²) >= 11 is 0. The minimum atomic E-state index is -3.36. The molecule has 6 nitrogen and oxygen atoms in total. The summed E-state index contributed by atoms with van der Waals surface area (Å²) in [4.78, 5) is 18.7. The number of aromatic nitrogens is 1. The second-order valence-corrected chi connectivity index (χ2v) is 8.14. The molecule has 1 aliphatic heterocycles. The third kappa shape index (κ3) is 3.51. The molecule has 132 valence electrons. The molecular weight excluding hydrogens is 340 g/mol. The molecule has 1 aliphatic rings. The molecule has 0 saturated carbocycles. The molecule has 0 spiro atoms. The minimum absolute atomic E-state index is 0.180. The monoisotopic (exact) mass is 360 g/mol. The van der Waals surface area contributed by atoms with Crippen molar-refractivity contribution in [2.45, 2.75) is 23.0 Å². The van der Waals surface area contributed by atoms with E-state index in [1.807, 2.05) is 0 Å². The number of rotatable bonds is 4. The fourth-order valence-corrected chi connectivity index (χ4v) is 4.81. The Morgan fingerprint density at radius 3 is 2.44 bits per heavy atom. The molecule has 1 amide bonds. The van der Waals surface area contributed by atoms with Gasteiger partial charge in [-0.2, -0.15) is 0 Å². The molecule has 0 radical (unpaired) electrons. The van der Waals surface area contributed by atoms with Crippen LogP contribution in [0, 0.1) is 0 Å². The first kappa shape index (κ1) is 17.4. The van der Waals surface area contributed by atoms with Crippen LogP contribution < -0.4 is 4.74 Å². The van der Waals surface area contributed by atoms with Gasteiger partial charge in [-0.3, -0.25) is 4.79 Å². The molecule has 2 aromatic rings. The molecule has 7 heteroatoms. The van der Waals surface area contributed by atoms with Gasteiger partial charge in [-0.25, -0.2) is 13.4 Å². The van der Waals surface area contributed by atoms with Gasteiger partial charge in [0.05, 0.1) is 17.3 Å². The van der Waals surface area contributed by atoms with E-state index in [-0.39, 0.29) is 11.8 Å². The van der Waals surface area contributed by atoms with Gasteiger partial charge in [-0.15, -0.1) is 0 Å². The number of amides is 1. The highest BCUT2D eigenvalue weighted by Crippen LogP contribution is 2.26. The van der Waals surface area contributed by atoms with E-state index in [9.17, 15) is 13.2 Å². The fourth-order valence-electron chi connectivity index (χ4n) is 3.06. The average Bonchev–Trinajstić information content (AvgIpc) is 2.68. The third-order valence-corrected chi connectivity index (χ3v) is 6.71. The van der Waals surface area contributed by atoms with Gasteiger partial charge in [0.1, 0.15) is 5.56 Å². The molecule has 3 rings (SSSR count). The van der Waals surface area contributed by atoms with E-state index >= 15 is 0 Å². The lowest BCUT2D eigenvalue weighted by Crippen LogP contribution is -2.42. The summed E-state index contributed by atoms with van der Waals surface area (Å²) in [6.07, 6.45) is 2.41. The van der Waals surface area contributed by atoms with E-state index in [1.165, 1.54) is 7.11 Å². The smallest absolute Gasteiger partial charge is 0.259 e. The predicted molar refractivity (Wildman–Crippen MR) is 93.3 cm³/mol. The summed E-state index contributed by atoms with van der Waals surface area (Å²) in [5, 5.41) is -0.463. The Kier molecular flexibility index (Phi) is 5.03. The van der Waals surface area contributed by atoms with Crippen LogP contribution in [-0.2, 0) is 9.84 Å².